The molecule has 1 aromatic carbocycles. The first-order valence-corrected chi connectivity index (χ1v) is 8.76. The largest absolute Gasteiger partial charge is 0.342 e. The highest BCUT2D eigenvalue weighted by Gasteiger charge is 2.15. The molecule has 1 heterocycles. The van der Waals surface area contributed by atoms with E-state index in [0.29, 0.717) is 31.7 Å². The third-order valence-corrected chi connectivity index (χ3v) is 4.40. The Morgan fingerprint density at radius 3 is 2.71 bits per heavy atom. The first-order chi connectivity index (χ1) is 11.6. The summed E-state index contributed by atoms with van der Waals surface area (Å²) in [6.07, 6.45) is 0.650. The molecule has 0 saturated heterocycles. The van der Waals surface area contributed by atoms with Crippen LogP contribution in [0.2, 0.25) is 0 Å². The molecule has 0 unspecified atom stereocenters. The van der Waals surface area contributed by atoms with Gasteiger partial charge >= 0.3 is 0 Å². The number of nitrogens with two attached hydrogens (primary N) is 1. The molecule has 0 radical (unpaired) electrons. The Bertz CT molecular complexity index is 672. The van der Waals surface area contributed by atoms with Crippen molar-refractivity contribution in [2.75, 3.05) is 19.6 Å². The summed E-state index contributed by atoms with van der Waals surface area (Å²) in [7, 11) is 0. The lowest BCUT2D eigenvalue weighted by Crippen LogP contribution is -2.39. The van der Waals surface area contributed by atoms with E-state index in [2.05, 4.69) is 10.3 Å². The van der Waals surface area contributed by atoms with Gasteiger partial charge in [-0.3, -0.25) is 9.59 Å². The van der Waals surface area contributed by atoms with Crippen molar-refractivity contribution in [2.24, 2.45) is 5.73 Å². The minimum absolute atomic E-state index is 0.0384. The maximum Gasteiger partial charge on any atom is 0.271 e. The summed E-state index contributed by atoms with van der Waals surface area (Å²) in [6, 6.07) is 9.77. The molecule has 6 nitrogen and oxygen atoms in total. The lowest BCUT2D eigenvalue weighted by molar-refractivity contribution is -0.130. The van der Waals surface area contributed by atoms with Crippen molar-refractivity contribution in [1.82, 2.24) is 15.2 Å². The van der Waals surface area contributed by atoms with Gasteiger partial charge in [-0.15, -0.1) is 11.3 Å². The van der Waals surface area contributed by atoms with E-state index in [9.17, 15) is 9.59 Å². The van der Waals surface area contributed by atoms with Crippen LogP contribution in [0.1, 0.15) is 28.0 Å². The average molecular weight is 346 g/mol. The van der Waals surface area contributed by atoms with Crippen LogP contribution < -0.4 is 11.1 Å². The van der Waals surface area contributed by atoms with E-state index in [0.717, 1.165) is 10.6 Å². The molecule has 0 fully saturated rings. The lowest BCUT2D eigenvalue weighted by Gasteiger charge is -2.21. The number of nitrogens with zero attached hydrogens (tertiary/aromatic N) is 2. The molecule has 3 N–H and O–H groups in total. The summed E-state index contributed by atoms with van der Waals surface area (Å²) >= 11 is 1.40. The van der Waals surface area contributed by atoms with Gasteiger partial charge < -0.3 is 16.0 Å². The zero-order valence-electron chi connectivity index (χ0n) is 13.7. The molecule has 128 valence electrons. The zero-order valence-corrected chi connectivity index (χ0v) is 14.5. The highest BCUT2D eigenvalue weighted by Crippen LogP contribution is 2.10. The molecule has 0 saturated carbocycles. The smallest absolute Gasteiger partial charge is 0.271 e. The van der Waals surface area contributed by atoms with Gasteiger partial charge in [-0.05, 0) is 19.0 Å². The zero-order chi connectivity index (χ0) is 17.4. The normalized spacial score (nSPS) is 10.4. The number of amides is 2. The first kappa shape index (κ1) is 18.1. The molecule has 0 aliphatic heterocycles. The molecule has 7 heteroatoms. The van der Waals surface area contributed by atoms with E-state index in [-0.39, 0.29) is 18.4 Å². The number of carbonyl (C=O) groups is 2. The van der Waals surface area contributed by atoms with Crippen molar-refractivity contribution in [3.63, 3.8) is 0 Å². The number of benzene rings is 1. The Balaban J connectivity index is 1.87. The fraction of sp³-hybridized carbons (Fsp3) is 0.353. The summed E-state index contributed by atoms with van der Waals surface area (Å²) in [5, 5.41) is 5.15. The number of likely N-dealkylation sites (N-methyl/N-ethyl adjacent to an activating group) is 1. The van der Waals surface area contributed by atoms with Gasteiger partial charge in [0.1, 0.15) is 5.69 Å². The highest BCUT2D eigenvalue weighted by atomic mass is 32.1. The minimum atomic E-state index is -0.335. The Kier molecular flexibility index (Phi) is 6.89. The van der Waals surface area contributed by atoms with Crippen LogP contribution in [0.4, 0.5) is 0 Å². The number of nitrogens with one attached hydrogen (secondary N) is 1. The molecular weight excluding hydrogens is 324 g/mol. The average Bonchev–Trinajstić information content (AvgIpc) is 3.07. The summed E-state index contributed by atoms with van der Waals surface area (Å²) in [4.78, 5) is 30.3. The maximum absolute atomic E-state index is 12.3. The van der Waals surface area contributed by atoms with E-state index < -0.39 is 0 Å². The number of carbonyl (C=O) groups excluding carboxylic acids is 2. The standard InChI is InChI=1S/C17H22N4O2S/c1-2-21(11-13-6-4-3-5-7-13)16(22)10-19-17(23)14-12-24-15(20-14)8-9-18/h3-7,12H,2,8-11,18H2,1H3,(H,19,23). The molecule has 2 amide bonds. The lowest BCUT2D eigenvalue weighted by atomic mass is 10.2. The van der Waals surface area contributed by atoms with Gasteiger partial charge in [0.25, 0.3) is 5.91 Å². The Morgan fingerprint density at radius 2 is 2.04 bits per heavy atom. The summed E-state index contributed by atoms with van der Waals surface area (Å²) in [6.45, 7) is 3.49. The number of thiazole rings is 1. The monoisotopic (exact) mass is 346 g/mol. The molecule has 0 spiro atoms. The molecular formula is C17H22N4O2S. The molecule has 0 aliphatic carbocycles. The van der Waals surface area contributed by atoms with Gasteiger partial charge in [-0.1, -0.05) is 30.3 Å². The van der Waals surface area contributed by atoms with E-state index in [1.165, 1.54) is 11.3 Å². The fourth-order valence-corrected chi connectivity index (χ4v) is 2.99. The molecule has 1 aromatic heterocycles. The van der Waals surface area contributed by atoms with E-state index >= 15 is 0 Å². The minimum Gasteiger partial charge on any atom is -0.342 e. The third kappa shape index (κ3) is 5.14. The molecule has 0 aliphatic rings. The van der Waals surface area contributed by atoms with Gasteiger partial charge in [-0.25, -0.2) is 4.98 Å². The van der Waals surface area contributed by atoms with Gasteiger partial charge in [0.2, 0.25) is 5.91 Å². The van der Waals surface area contributed by atoms with Crippen molar-refractivity contribution < 1.29 is 9.59 Å². The quantitative estimate of drug-likeness (QED) is 0.757. The molecule has 0 atom stereocenters. The second-order valence-corrected chi connectivity index (χ2v) is 6.18. The molecule has 2 rings (SSSR count). The predicted octanol–water partition coefficient (Wildman–Crippen LogP) is 1.42. The van der Waals surface area contributed by atoms with Crippen LogP contribution in [-0.2, 0) is 17.8 Å². The van der Waals surface area contributed by atoms with Gasteiger partial charge in [-0.2, -0.15) is 0 Å². The van der Waals surface area contributed by atoms with Crippen LogP contribution >= 0.6 is 11.3 Å². The topological polar surface area (TPSA) is 88.3 Å². The Morgan fingerprint density at radius 1 is 1.29 bits per heavy atom. The van der Waals surface area contributed by atoms with Crippen LogP contribution in [0.15, 0.2) is 35.7 Å². The van der Waals surface area contributed by atoms with E-state index in [1.807, 2.05) is 37.3 Å². The van der Waals surface area contributed by atoms with Crippen molar-refractivity contribution in [1.29, 1.82) is 0 Å². The molecule has 2 aromatic rings. The highest BCUT2D eigenvalue weighted by molar-refractivity contribution is 7.09. The van der Waals surface area contributed by atoms with Crippen LogP contribution in [0.5, 0.6) is 0 Å². The van der Waals surface area contributed by atoms with Gasteiger partial charge in [0.15, 0.2) is 0 Å². The number of rotatable bonds is 8. The van der Waals surface area contributed by atoms with Crippen LogP contribution in [-0.4, -0.2) is 41.3 Å². The van der Waals surface area contributed by atoms with Gasteiger partial charge in [0.05, 0.1) is 11.6 Å². The Hall–Kier alpha value is -2.25. The maximum atomic E-state index is 12.3. The van der Waals surface area contributed by atoms with Crippen LogP contribution in [0.25, 0.3) is 0 Å². The molecule has 24 heavy (non-hydrogen) atoms. The van der Waals surface area contributed by atoms with Crippen LogP contribution in [0.3, 0.4) is 0 Å². The van der Waals surface area contributed by atoms with E-state index in [4.69, 9.17) is 5.73 Å². The van der Waals surface area contributed by atoms with Crippen LogP contribution in [0, 0.1) is 0 Å². The second-order valence-electron chi connectivity index (χ2n) is 5.24. The summed E-state index contributed by atoms with van der Waals surface area (Å²) < 4.78 is 0. The van der Waals surface area contributed by atoms with Crippen molar-refractivity contribution >= 4 is 23.2 Å². The Labute approximate surface area is 145 Å². The number of hydrogen-bond donors (Lipinski definition) is 2. The predicted molar refractivity (Wildman–Crippen MR) is 94.7 cm³/mol. The first-order valence-electron chi connectivity index (χ1n) is 7.88. The summed E-state index contributed by atoms with van der Waals surface area (Å²) in [5.41, 5.74) is 6.87. The van der Waals surface area contributed by atoms with Gasteiger partial charge in [0, 0.05) is 24.9 Å². The van der Waals surface area contributed by atoms with Crippen molar-refractivity contribution in [3.05, 3.63) is 52.0 Å². The third-order valence-electron chi connectivity index (χ3n) is 3.49. The SMILES string of the molecule is CCN(Cc1ccccc1)C(=O)CNC(=O)c1csc(CCN)n1. The second kappa shape index (κ2) is 9.14. The van der Waals surface area contributed by atoms with Crippen molar-refractivity contribution in [3.8, 4) is 0 Å². The fourth-order valence-electron chi connectivity index (χ4n) is 2.19. The summed E-state index contributed by atoms with van der Waals surface area (Å²) in [5.74, 6) is -0.453. The van der Waals surface area contributed by atoms with Crippen molar-refractivity contribution in [2.45, 2.75) is 19.9 Å². The number of hydrogen-bond acceptors (Lipinski definition) is 5. The molecule has 0 bridgehead atoms. The van der Waals surface area contributed by atoms with E-state index in [1.54, 1.807) is 10.3 Å². The number of aromatic nitrogens is 1.